The van der Waals surface area contributed by atoms with Gasteiger partial charge in [-0.3, -0.25) is 0 Å². The number of halogens is 1. The van der Waals surface area contributed by atoms with Gasteiger partial charge in [0.05, 0.1) is 19.9 Å². The van der Waals surface area contributed by atoms with Crippen molar-refractivity contribution in [2.45, 2.75) is 13.1 Å². The van der Waals surface area contributed by atoms with Crippen molar-refractivity contribution in [3.63, 3.8) is 0 Å². The molecule has 0 radical (unpaired) electrons. The van der Waals surface area contributed by atoms with E-state index in [1.807, 2.05) is 66.7 Å². The second-order valence-electron chi connectivity index (χ2n) is 8.19. The SMILES string of the molecule is COc1ccc(CN(Cc2ccc(OC)cc2)C(=Nc2ccc(Nc3ccccc3)cc2)SC)cc1.I. The zero-order valence-corrected chi connectivity index (χ0v) is 24.4. The van der Waals surface area contributed by atoms with Crippen LogP contribution < -0.4 is 14.8 Å². The van der Waals surface area contributed by atoms with Gasteiger partial charge >= 0.3 is 0 Å². The van der Waals surface area contributed by atoms with E-state index >= 15 is 0 Å². The van der Waals surface area contributed by atoms with Gasteiger partial charge in [0.1, 0.15) is 11.5 Å². The van der Waals surface area contributed by atoms with E-state index < -0.39 is 0 Å². The molecule has 0 aliphatic heterocycles. The highest BCUT2D eigenvalue weighted by molar-refractivity contribution is 14.0. The molecule has 5 nitrogen and oxygen atoms in total. The highest BCUT2D eigenvalue weighted by Gasteiger charge is 2.13. The van der Waals surface area contributed by atoms with E-state index in [-0.39, 0.29) is 24.0 Å². The minimum Gasteiger partial charge on any atom is -0.497 e. The van der Waals surface area contributed by atoms with Crippen LogP contribution >= 0.6 is 35.7 Å². The average molecular weight is 626 g/mol. The molecular formula is C30H32IN3O2S. The van der Waals surface area contributed by atoms with Crippen LogP contribution in [0.2, 0.25) is 0 Å². The van der Waals surface area contributed by atoms with Gasteiger partial charge in [0.2, 0.25) is 0 Å². The highest BCUT2D eigenvalue weighted by atomic mass is 127. The fraction of sp³-hybridized carbons (Fsp3) is 0.167. The van der Waals surface area contributed by atoms with Crippen molar-refractivity contribution in [2.75, 3.05) is 25.8 Å². The number of anilines is 2. The van der Waals surface area contributed by atoms with Crippen molar-refractivity contribution in [1.29, 1.82) is 0 Å². The summed E-state index contributed by atoms with van der Waals surface area (Å²) in [5.41, 5.74) is 5.37. The molecule has 37 heavy (non-hydrogen) atoms. The van der Waals surface area contributed by atoms with Crippen LogP contribution in [0.5, 0.6) is 11.5 Å². The molecule has 0 fully saturated rings. The van der Waals surface area contributed by atoms with Crippen LogP contribution in [-0.4, -0.2) is 30.5 Å². The Morgan fingerprint density at radius 2 is 1.19 bits per heavy atom. The molecule has 192 valence electrons. The zero-order chi connectivity index (χ0) is 25.2. The molecule has 1 N–H and O–H groups in total. The van der Waals surface area contributed by atoms with Gasteiger partial charge in [-0.1, -0.05) is 54.2 Å². The van der Waals surface area contributed by atoms with Crippen LogP contribution in [0, 0.1) is 0 Å². The van der Waals surface area contributed by atoms with Crippen LogP contribution in [0.4, 0.5) is 17.1 Å². The number of nitrogens with one attached hydrogen (secondary N) is 1. The average Bonchev–Trinajstić information content (AvgIpc) is 2.93. The third-order valence-electron chi connectivity index (χ3n) is 5.67. The molecule has 0 saturated heterocycles. The predicted molar refractivity (Wildman–Crippen MR) is 167 cm³/mol. The van der Waals surface area contributed by atoms with Crippen molar-refractivity contribution in [1.82, 2.24) is 4.90 Å². The van der Waals surface area contributed by atoms with Crippen LogP contribution in [0.1, 0.15) is 11.1 Å². The van der Waals surface area contributed by atoms with Crippen LogP contribution in [0.3, 0.4) is 0 Å². The lowest BCUT2D eigenvalue weighted by Gasteiger charge is -2.26. The summed E-state index contributed by atoms with van der Waals surface area (Å²) in [7, 11) is 3.37. The van der Waals surface area contributed by atoms with E-state index in [0.717, 1.165) is 46.8 Å². The lowest BCUT2D eigenvalue weighted by atomic mass is 10.1. The minimum absolute atomic E-state index is 0. The van der Waals surface area contributed by atoms with Gasteiger partial charge in [-0.15, -0.1) is 24.0 Å². The molecular weight excluding hydrogens is 593 g/mol. The monoisotopic (exact) mass is 625 g/mol. The molecule has 7 heteroatoms. The quantitative estimate of drug-likeness (QED) is 0.116. The summed E-state index contributed by atoms with van der Waals surface area (Å²) in [5, 5.41) is 4.37. The Balaban J connectivity index is 0.00000380. The Bertz CT molecular complexity index is 1200. The summed E-state index contributed by atoms with van der Waals surface area (Å²) < 4.78 is 10.7. The van der Waals surface area contributed by atoms with E-state index in [0.29, 0.717) is 0 Å². The van der Waals surface area contributed by atoms with Crippen LogP contribution in [0.25, 0.3) is 0 Å². The van der Waals surface area contributed by atoms with Crippen LogP contribution in [-0.2, 0) is 13.1 Å². The minimum atomic E-state index is 0. The zero-order valence-electron chi connectivity index (χ0n) is 21.3. The molecule has 0 atom stereocenters. The smallest absolute Gasteiger partial charge is 0.164 e. The van der Waals surface area contributed by atoms with Gasteiger partial charge in [0.25, 0.3) is 0 Å². The molecule has 0 bridgehead atoms. The van der Waals surface area contributed by atoms with E-state index in [1.165, 1.54) is 11.1 Å². The normalized spacial score (nSPS) is 10.8. The molecule has 0 spiro atoms. The molecule has 0 aliphatic carbocycles. The van der Waals surface area contributed by atoms with Gasteiger partial charge in [-0.2, -0.15) is 0 Å². The Morgan fingerprint density at radius 1 is 0.703 bits per heavy atom. The first-order valence-corrected chi connectivity index (χ1v) is 12.9. The second kappa shape index (κ2) is 14.5. The first kappa shape index (κ1) is 28.4. The Kier molecular flexibility index (Phi) is 11.2. The largest absolute Gasteiger partial charge is 0.497 e. The number of methoxy groups -OCH3 is 2. The Morgan fingerprint density at radius 3 is 1.65 bits per heavy atom. The molecule has 4 aromatic rings. The van der Waals surface area contributed by atoms with Gasteiger partial charge in [-0.25, -0.2) is 4.99 Å². The van der Waals surface area contributed by atoms with E-state index in [9.17, 15) is 0 Å². The molecule has 0 aromatic heterocycles. The van der Waals surface area contributed by atoms with Gasteiger partial charge in [0, 0.05) is 24.5 Å². The number of ether oxygens (including phenoxy) is 2. The first-order valence-electron chi connectivity index (χ1n) is 11.7. The Hall–Kier alpha value is -3.17. The molecule has 0 aliphatic rings. The number of nitrogens with zero attached hydrogens (tertiary/aromatic N) is 2. The van der Waals surface area contributed by atoms with Crippen molar-refractivity contribution in [3.05, 3.63) is 114 Å². The summed E-state index contributed by atoms with van der Waals surface area (Å²) in [6.45, 7) is 1.45. The fourth-order valence-corrected chi connectivity index (χ4v) is 4.34. The molecule has 0 saturated carbocycles. The standard InChI is InChI=1S/C30H31N3O2S.HI/c1-34-28-17-9-23(10-18-28)21-33(22-24-11-19-29(35-2)20-12-24)30(36-3)32-27-15-13-26(14-16-27)31-25-7-5-4-6-8-25;/h4-20,31H,21-22H2,1-3H3;1H. The van der Waals surface area contributed by atoms with Gasteiger partial charge in [0.15, 0.2) is 5.17 Å². The number of amidine groups is 1. The summed E-state index contributed by atoms with van der Waals surface area (Å²) in [6, 6.07) is 34.7. The summed E-state index contributed by atoms with van der Waals surface area (Å²) in [4.78, 5) is 7.31. The fourth-order valence-electron chi connectivity index (χ4n) is 3.76. The van der Waals surface area contributed by atoms with Crippen molar-refractivity contribution in [3.8, 4) is 11.5 Å². The number of hydrogen-bond donors (Lipinski definition) is 1. The lowest BCUT2D eigenvalue weighted by molar-refractivity contribution is 0.405. The summed E-state index contributed by atoms with van der Waals surface area (Å²) >= 11 is 1.64. The number of aliphatic imine (C=N–C) groups is 1. The number of benzene rings is 4. The predicted octanol–water partition coefficient (Wildman–Crippen LogP) is 8.12. The number of para-hydroxylation sites is 1. The van der Waals surface area contributed by atoms with Gasteiger partial charge in [-0.05, 0) is 78.0 Å². The van der Waals surface area contributed by atoms with E-state index in [1.54, 1.807) is 26.0 Å². The third-order valence-corrected chi connectivity index (χ3v) is 6.39. The Labute approximate surface area is 240 Å². The van der Waals surface area contributed by atoms with E-state index in [4.69, 9.17) is 14.5 Å². The maximum absolute atomic E-state index is 5.33. The summed E-state index contributed by atoms with van der Waals surface area (Å²) in [5.74, 6) is 1.70. The lowest BCUT2D eigenvalue weighted by Crippen LogP contribution is -2.27. The molecule has 4 aromatic carbocycles. The van der Waals surface area contributed by atoms with Crippen molar-refractivity contribution in [2.24, 2.45) is 4.99 Å². The van der Waals surface area contributed by atoms with Crippen LogP contribution in [0.15, 0.2) is 108 Å². The molecule has 4 rings (SSSR count). The number of rotatable bonds is 9. The summed E-state index contributed by atoms with van der Waals surface area (Å²) in [6.07, 6.45) is 2.07. The number of thioether (sulfide) groups is 1. The topological polar surface area (TPSA) is 46.1 Å². The maximum Gasteiger partial charge on any atom is 0.164 e. The maximum atomic E-state index is 5.33. The number of hydrogen-bond acceptors (Lipinski definition) is 5. The van der Waals surface area contributed by atoms with Gasteiger partial charge < -0.3 is 19.7 Å². The van der Waals surface area contributed by atoms with E-state index in [2.05, 4.69) is 52.9 Å². The van der Waals surface area contributed by atoms with Crippen molar-refractivity contribution >= 4 is 58.0 Å². The second-order valence-corrected chi connectivity index (χ2v) is 8.96. The first-order chi connectivity index (χ1) is 17.7. The molecule has 0 unspecified atom stereocenters. The van der Waals surface area contributed by atoms with Crippen molar-refractivity contribution < 1.29 is 9.47 Å². The third kappa shape index (κ3) is 8.43. The molecule has 0 amide bonds. The molecule has 0 heterocycles. The highest BCUT2D eigenvalue weighted by Crippen LogP contribution is 2.24.